The van der Waals surface area contributed by atoms with Crippen LogP contribution in [-0.2, 0) is 23.0 Å². The topological polar surface area (TPSA) is 76.4 Å². The molecule has 8 heteroatoms. The maximum Gasteiger partial charge on any atom is 0.228 e. The number of ether oxygens (including phenoxy) is 1. The highest BCUT2D eigenvalue weighted by Gasteiger charge is 2.27. The first-order valence-corrected chi connectivity index (χ1v) is 9.33. The zero-order chi connectivity index (χ0) is 19.7. The fraction of sp³-hybridized carbons (Fsp3) is 0.400. The summed E-state index contributed by atoms with van der Waals surface area (Å²) in [5.41, 5.74) is 2.63. The highest BCUT2D eigenvalue weighted by Crippen LogP contribution is 2.23. The SMILES string of the molecule is CN(C)c1nccc([C@@H]2CN(C(=O)Cc3nn(C)c4ccccc34)CCO2)n1. The normalized spacial score (nSPS) is 17.1. The molecule has 8 nitrogen and oxygen atoms in total. The van der Waals surface area contributed by atoms with Crippen molar-refractivity contribution in [3.05, 3.63) is 47.9 Å². The lowest BCUT2D eigenvalue weighted by Gasteiger charge is -2.32. The number of para-hydroxylation sites is 1. The summed E-state index contributed by atoms with van der Waals surface area (Å²) in [4.78, 5) is 25.4. The minimum absolute atomic E-state index is 0.0547. The predicted molar refractivity (Wildman–Crippen MR) is 106 cm³/mol. The number of anilines is 1. The van der Waals surface area contributed by atoms with Crippen molar-refractivity contribution in [2.45, 2.75) is 12.5 Å². The predicted octanol–water partition coefficient (Wildman–Crippen LogP) is 1.57. The number of aromatic nitrogens is 4. The molecule has 1 amide bonds. The average Bonchev–Trinajstić information content (AvgIpc) is 3.04. The molecule has 0 aliphatic carbocycles. The van der Waals surface area contributed by atoms with E-state index in [2.05, 4.69) is 15.1 Å². The summed E-state index contributed by atoms with van der Waals surface area (Å²) in [6.45, 7) is 1.54. The quantitative estimate of drug-likeness (QED) is 0.684. The van der Waals surface area contributed by atoms with Gasteiger partial charge in [0.15, 0.2) is 0 Å². The van der Waals surface area contributed by atoms with Gasteiger partial charge in [0.25, 0.3) is 0 Å². The molecule has 0 N–H and O–H groups in total. The molecule has 1 aliphatic rings. The number of benzene rings is 1. The van der Waals surface area contributed by atoms with Gasteiger partial charge in [0.1, 0.15) is 6.10 Å². The van der Waals surface area contributed by atoms with Crippen molar-refractivity contribution < 1.29 is 9.53 Å². The number of aryl methyl sites for hydroxylation is 1. The van der Waals surface area contributed by atoms with Gasteiger partial charge in [-0.1, -0.05) is 18.2 Å². The van der Waals surface area contributed by atoms with Gasteiger partial charge in [-0.05, 0) is 12.1 Å². The van der Waals surface area contributed by atoms with Crippen molar-refractivity contribution in [3.63, 3.8) is 0 Å². The number of rotatable bonds is 4. The summed E-state index contributed by atoms with van der Waals surface area (Å²) < 4.78 is 7.70. The number of hydrogen-bond donors (Lipinski definition) is 0. The lowest BCUT2D eigenvalue weighted by molar-refractivity contribution is -0.138. The van der Waals surface area contributed by atoms with Crippen LogP contribution in [0.3, 0.4) is 0 Å². The van der Waals surface area contributed by atoms with E-state index in [-0.39, 0.29) is 18.4 Å². The number of nitrogens with zero attached hydrogens (tertiary/aromatic N) is 6. The monoisotopic (exact) mass is 380 g/mol. The van der Waals surface area contributed by atoms with Gasteiger partial charge in [0.2, 0.25) is 11.9 Å². The molecule has 0 bridgehead atoms. The van der Waals surface area contributed by atoms with Crippen molar-refractivity contribution in [2.24, 2.45) is 7.05 Å². The van der Waals surface area contributed by atoms with E-state index in [0.29, 0.717) is 25.6 Å². The Morgan fingerprint density at radius 1 is 1.29 bits per heavy atom. The Hall–Kier alpha value is -3.00. The standard InChI is InChI=1S/C20H24N6O2/c1-24(2)20-21-9-8-15(22-20)18-13-26(10-11-28-18)19(27)12-16-14-6-4-5-7-17(14)25(3)23-16/h4-9,18H,10-13H2,1-3H3/t18-/m0/s1. The van der Waals surface area contributed by atoms with E-state index in [1.807, 2.05) is 66.0 Å². The van der Waals surface area contributed by atoms with E-state index >= 15 is 0 Å². The first-order valence-electron chi connectivity index (χ1n) is 9.33. The van der Waals surface area contributed by atoms with E-state index in [4.69, 9.17) is 4.74 Å². The number of amides is 1. The molecule has 1 aliphatic heterocycles. The first kappa shape index (κ1) is 18.4. The van der Waals surface area contributed by atoms with Crippen LogP contribution in [0.15, 0.2) is 36.5 Å². The van der Waals surface area contributed by atoms with Crippen molar-refractivity contribution in [3.8, 4) is 0 Å². The van der Waals surface area contributed by atoms with Crippen LogP contribution < -0.4 is 4.90 Å². The third kappa shape index (κ3) is 3.55. The zero-order valence-electron chi connectivity index (χ0n) is 16.4. The molecule has 3 heterocycles. The molecule has 4 rings (SSSR count). The Morgan fingerprint density at radius 3 is 2.93 bits per heavy atom. The fourth-order valence-electron chi connectivity index (χ4n) is 3.49. The van der Waals surface area contributed by atoms with Crippen molar-refractivity contribution in [1.82, 2.24) is 24.6 Å². The molecule has 146 valence electrons. The summed E-state index contributed by atoms with van der Waals surface area (Å²) in [6, 6.07) is 9.82. The van der Waals surface area contributed by atoms with Gasteiger partial charge in [-0.3, -0.25) is 9.48 Å². The van der Waals surface area contributed by atoms with Crippen LogP contribution in [-0.4, -0.2) is 64.3 Å². The first-order chi connectivity index (χ1) is 13.5. The summed E-state index contributed by atoms with van der Waals surface area (Å²) in [5, 5.41) is 5.57. The molecule has 3 aromatic rings. The number of fused-ring (bicyclic) bond motifs is 1. The fourth-order valence-corrected chi connectivity index (χ4v) is 3.49. The number of carbonyl (C=O) groups is 1. The maximum absolute atomic E-state index is 13.0. The molecule has 1 fully saturated rings. The highest BCUT2D eigenvalue weighted by atomic mass is 16.5. The van der Waals surface area contributed by atoms with Crippen LogP contribution in [0.5, 0.6) is 0 Å². The molecular formula is C20H24N6O2. The van der Waals surface area contributed by atoms with E-state index in [1.54, 1.807) is 6.20 Å². The van der Waals surface area contributed by atoms with Crippen LogP contribution in [0.4, 0.5) is 5.95 Å². The summed E-state index contributed by atoms with van der Waals surface area (Å²) in [6.07, 6.45) is 1.75. The van der Waals surface area contributed by atoms with Gasteiger partial charge in [-0.2, -0.15) is 5.10 Å². The molecule has 0 saturated carbocycles. The third-order valence-electron chi connectivity index (χ3n) is 4.97. The molecule has 0 spiro atoms. The van der Waals surface area contributed by atoms with Crippen molar-refractivity contribution in [2.75, 3.05) is 38.7 Å². The van der Waals surface area contributed by atoms with Crippen LogP contribution in [0.1, 0.15) is 17.5 Å². The van der Waals surface area contributed by atoms with Gasteiger partial charge in [-0.15, -0.1) is 0 Å². The van der Waals surface area contributed by atoms with Crippen LogP contribution in [0.2, 0.25) is 0 Å². The van der Waals surface area contributed by atoms with Gasteiger partial charge in [-0.25, -0.2) is 9.97 Å². The zero-order valence-corrected chi connectivity index (χ0v) is 16.4. The maximum atomic E-state index is 13.0. The Kier molecular flexibility index (Phi) is 4.95. The molecule has 0 unspecified atom stereocenters. The molecule has 1 saturated heterocycles. The van der Waals surface area contributed by atoms with Crippen LogP contribution in [0, 0.1) is 0 Å². The summed E-state index contributed by atoms with van der Waals surface area (Å²) >= 11 is 0. The highest BCUT2D eigenvalue weighted by molar-refractivity contribution is 5.87. The Morgan fingerprint density at radius 2 is 2.11 bits per heavy atom. The Balaban J connectivity index is 1.50. The molecule has 2 aromatic heterocycles. The average molecular weight is 380 g/mol. The minimum Gasteiger partial charge on any atom is -0.368 e. The second kappa shape index (κ2) is 7.55. The Labute approximate surface area is 163 Å². The Bertz CT molecular complexity index is 999. The molecule has 1 aromatic carbocycles. The van der Waals surface area contributed by atoms with Gasteiger partial charge >= 0.3 is 0 Å². The molecular weight excluding hydrogens is 356 g/mol. The summed E-state index contributed by atoms with van der Waals surface area (Å²) in [5.74, 6) is 0.684. The number of carbonyl (C=O) groups excluding carboxylic acids is 1. The van der Waals surface area contributed by atoms with Crippen LogP contribution >= 0.6 is 0 Å². The van der Waals surface area contributed by atoms with Crippen molar-refractivity contribution in [1.29, 1.82) is 0 Å². The van der Waals surface area contributed by atoms with Crippen molar-refractivity contribution >= 4 is 22.8 Å². The van der Waals surface area contributed by atoms with Gasteiger partial charge < -0.3 is 14.5 Å². The molecule has 1 atom stereocenters. The number of hydrogen-bond acceptors (Lipinski definition) is 6. The van der Waals surface area contributed by atoms with Gasteiger partial charge in [0.05, 0.1) is 36.5 Å². The largest absolute Gasteiger partial charge is 0.368 e. The minimum atomic E-state index is -0.250. The smallest absolute Gasteiger partial charge is 0.228 e. The second-order valence-corrected chi connectivity index (χ2v) is 7.14. The lowest BCUT2D eigenvalue weighted by Crippen LogP contribution is -2.43. The molecule has 28 heavy (non-hydrogen) atoms. The lowest BCUT2D eigenvalue weighted by atomic mass is 10.1. The second-order valence-electron chi connectivity index (χ2n) is 7.14. The van der Waals surface area contributed by atoms with Crippen LogP contribution in [0.25, 0.3) is 10.9 Å². The number of morpholine rings is 1. The van der Waals surface area contributed by atoms with E-state index < -0.39 is 0 Å². The van der Waals surface area contributed by atoms with E-state index in [1.165, 1.54) is 0 Å². The van der Waals surface area contributed by atoms with E-state index in [0.717, 1.165) is 22.3 Å². The molecule has 0 radical (unpaired) electrons. The van der Waals surface area contributed by atoms with Gasteiger partial charge in [0, 0.05) is 39.3 Å². The van der Waals surface area contributed by atoms with E-state index in [9.17, 15) is 4.79 Å². The summed E-state index contributed by atoms with van der Waals surface area (Å²) in [7, 11) is 5.69. The third-order valence-corrected chi connectivity index (χ3v) is 4.97.